The first-order chi connectivity index (χ1) is 9.34. The van der Waals surface area contributed by atoms with Crippen LogP contribution in [0.1, 0.15) is 37.0 Å². The average molecular weight is 292 g/mol. The molecule has 20 heavy (non-hydrogen) atoms. The van der Waals surface area contributed by atoms with Gasteiger partial charge in [-0.3, -0.25) is 0 Å². The van der Waals surface area contributed by atoms with E-state index in [0.717, 1.165) is 6.07 Å². The van der Waals surface area contributed by atoms with Crippen LogP contribution in [0.15, 0.2) is 18.2 Å². The van der Waals surface area contributed by atoms with Gasteiger partial charge in [-0.05, 0) is 30.5 Å². The van der Waals surface area contributed by atoms with Crippen LogP contribution in [0.2, 0.25) is 0 Å². The minimum atomic E-state index is -4.77. The van der Waals surface area contributed by atoms with Crippen LogP contribution in [-0.4, -0.2) is 17.8 Å². The van der Waals surface area contributed by atoms with Crippen molar-refractivity contribution in [1.82, 2.24) is 0 Å². The number of rotatable bonds is 3. The Bertz CT molecular complexity index is 473. The Balaban J connectivity index is 2.29. The number of aliphatic hydroxyl groups is 1. The van der Waals surface area contributed by atoms with Gasteiger partial charge in [-0.2, -0.15) is 13.2 Å². The first-order valence-corrected chi connectivity index (χ1v) is 6.51. The highest BCUT2D eigenvalue weighted by molar-refractivity contribution is 5.29. The molecular formula is C14H16F4O2. The maximum Gasteiger partial charge on any atom is 0.419 e. The van der Waals surface area contributed by atoms with E-state index in [9.17, 15) is 22.7 Å². The van der Waals surface area contributed by atoms with Crippen molar-refractivity contribution in [3.05, 3.63) is 35.1 Å². The number of aliphatic hydroxyl groups excluding tert-OH is 1. The Kier molecular flexibility index (Phi) is 4.34. The third-order valence-electron chi connectivity index (χ3n) is 3.71. The van der Waals surface area contributed by atoms with Gasteiger partial charge < -0.3 is 9.84 Å². The zero-order chi connectivity index (χ0) is 14.9. The fourth-order valence-corrected chi connectivity index (χ4v) is 2.64. The summed E-state index contributed by atoms with van der Waals surface area (Å²) in [5.74, 6) is -1.59. The molecule has 1 aliphatic rings. The number of halogens is 4. The van der Waals surface area contributed by atoms with Crippen LogP contribution in [0, 0.1) is 11.7 Å². The first kappa shape index (κ1) is 15.3. The number of ether oxygens (including phenoxy) is 1. The molecule has 0 amide bonds. The van der Waals surface area contributed by atoms with Crippen LogP contribution < -0.4 is 0 Å². The Hall–Kier alpha value is -1.14. The van der Waals surface area contributed by atoms with Crippen LogP contribution in [0.3, 0.4) is 0 Å². The molecule has 0 bridgehead atoms. The zero-order valence-electron chi connectivity index (χ0n) is 11.0. The zero-order valence-corrected chi connectivity index (χ0v) is 11.0. The van der Waals surface area contributed by atoms with Gasteiger partial charge in [0.2, 0.25) is 0 Å². The normalized spacial score (nSPS) is 24.9. The lowest BCUT2D eigenvalue weighted by atomic mass is 9.88. The van der Waals surface area contributed by atoms with Crippen LogP contribution in [0.5, 0.6) is 0 Å². The topological polar surface area (TPSA) is 29.5 Å². The summed E-state index contributed by atoms with van der Waals surface area (Å²) in [5, 5.41) is 10.2. The monoisotopic (exact) mass is 292 g/mol. The van der Waals surface area contributed by atoms with Gasteiger partial charge >= 0.3 is 6.18 Å². The summed E-state index contributed by atoms with van der Waals surface area (Å²) in [6, 6.07) is 2.63. The highest BCUT2D eigenvalue weighted by Gasteiger charge is 2.37. The van der Waals surface area contributed by atoms with Crippen molar-refractivity contribution in [1.29, 1.82) is 0 Å². The third-order valence-corrected chi connectivity index (χ3v) is 3.71. The predicted octanol–water partition coefficient (Wildman–Crippen LogP) is 3.69. The second-order valence-electron chi connectivity index (χ2n) is 4.95. The lowest BCUT2D eigenvalue weighted by molar-refractivity contribution is -0.140. The minimum absolute atomic E-state index is 0.0766. The van der Waals surface area contributed by atoms with E-state index in [4.69, 9.17) is 4.74 Å². The van der Waals surface area contributed by atoms with Gasteiger partial charge in [0.25, 0.3) is 0 Å². The highest BCUT2D eigenvalue weighted by Crippen LogP contribution is 2.38. The molecule has 3 unspecified atom stereocenters. The maximum atomic E-state index is 13.2. The van der Waals surface area contributed by atoms with Crippen LogP contribution in [0.4, 0.5) is 17.6 Å². The molecule has 112 valence electrons. The van der Waals surface area contributed by atoms with Crippen LogP contribution in [-0.2, 0) is 10.9 Å². The van der Waals surface area contributed by atoms with Crippen molar-refractivity contribution in [2.45, 2.75) is 38.1 Å². The average Bonchev–Trinajstić information content (AvgIpc) is 2.85. The predicted molar refractivity (Wildman–Crippen MR) is 64.5 cm³/mol. The molecule has 2 rings (SSSR count). The van der Waals surface area contributed by atoms with Crippen molar-refractivity contribution < 1.29 is 27.4 Å². The molecule has 0 radical (unpaired) electrons. The fourth-order valence-electron chi connectivity index (χ4n) is 2.64. The molecule has 1 aliphatic heterocycles. The molecule has 0 spiro atoms. The molecule has 0 saturated carbocycles. The van der Waals surface area contributed by atoms with E-state index < -0.39 is 23.7 Å². The van der Waals surface area contributed by atoms with Gasteiger partial charge in [-0.25, -0.2) is 4.39 Å². The molecule has 2 nitrogen and oxygen atoms in total. The van der Waals surface area contributed by atoms with Crippen molar-refractivity contribution in [3.8, 4) is 0 Å². The van der Waals surface area contributed by atoms with Gasteiger partial charge in [0.1, 0.15) is 5.82 Å². The Morgan fingerprint density at radius 2 is 2.10 bits per heavy atom. The van der Waals surface area contributed by atoms with Gasteiger partial charge in [0, 0.05) is 12.5 Å². The Morgan fingerprint density at radius 1 is 1.40 bits per heavy atom. The molecule has 1 aromatic rings. The summed E-state index contributed by atoms with van der Waals surface area (Å²) in [7, 11) is 0. The van der Waals surface area contributed by atoms with Crippen molar-refractivity contribution in [2.24, 2.45) is 5.92 Å². The van der Waals surface area contributed by atoms with Gasteiger partial charge in [0.15, 0.2) is 0 Å². The molecule has 0 aliphatic carbocycles. The van der Waals surface area contributed by atoms with E-state index in [-0.39, 0.29) is 17.6 Å². The van der Waals surface area contributed by atoms with Crippen molar-refractivity contribution in [3.63, 3.8) is 0 Å². The van der Waals surface area contributed by atoms with Crippen molar-refractivity contribution in [2.75, 3.05) is 6.61 Å². The van der Waals surface area contributed by atoms with Gasteiger partial charge in [0.05, 0.1) is 17.8 Å². The van der Waals surface area contributed by atoms with Gasteiger partial charge in [-0.15, -0.1) is 0 Å². The lowest BCUT2D eigenvalue weighted by Gasteiger charge is -2.23. The second kappa shape index (κ2) is 5.69. The minimum Gasteiger partial charge on any atom is -0.388 e. The van der Waals surface area contributed by atoms with Crippen LogP contribution in [0.25, 0.3) is 0 Å². The number of alkyl halides is 3. The molecular weight excluding hydrogens is 276 g/mol. The fraction of sp³-hybridized carbons (Fsp3) is 0.571. The van der Waals surface area contributed by atoms with Crippen molar-refractivity contribution >= 4 is 0 Å². The molecule has 1 heterocycles. The highest BCUT2D eigenvalue weighted by atomic mass is 19.4. The second-order valence-corrected chi connectivity index (χ2v) is 4.95. The first-order valence-electron chi connectivity index (χ1n) is 6.51. The SMILES string of the molecule is CCC1OCCC1C(O)c1ccc(F)c(C(F)(F)F)c1. The third kappa shape index (κ3) is 2.96. The molecule has 1 fully saturated rings. The van der Waals surface area contributed by atoms with E-state index in [1.165, 1.54) is 6.07 Å². The summed E-state index contributed by atoms with van der Waals surface area (Å²) >= 11 is 0. The smallest absolute Gasteiger partial charge is 0.388 e. The quantitative estimate of drug-likeness (QED) is 0.861. The van der Waals surface area contributed by atoms with E-state index in [1.54, 1.807) is 0 Å². The summed E-state index contributed by atoms with van der Waals surface area (Å²) < 4.78 is 56.6. The summed E-state index contributed by atoms with van der Waals surface area (Å²) in [6.07, 6.45) is -4.77. The van der Waals surface area contributed by atoms with E-state index in [1.807, 2.05) is 6.92 Å². The van der Waals surface area contributed by atoms with E-state index in [0.29, 0.717) is 25.5 Å². The molecule has 0 aromatic heterocycles. The standard InChI is InChI=1S/C14H16F4O2/c1-2-12-9(5-6-20-12)13(19)8-3-4-11(15)10(7-8)14(16,17)18/h3-4,7,9,12-13,19H,2,5-6H2,1H3. The molecule has 1 saturated heterocycles. The number of benzene rings is 1. The van der Waals surface area contributed by atoms with E-state index in [2.05, 4.69) is 0 Å². The largest absolute Gasteiger partial charge is 0.419 e. The Labute approximate surface area is 114 Å². The van der Waals surface area contributed by atoms with E-state index >= 15 is 0 Å². The number of hydrogen-bond donors (Lipinski definition) is 1. The number of hydrogen-bond acceptors (Lipinski definition) is 2. The molecule has 3 atom stereocenters. The lowest BCUT2D eigenvalue weighted by Crippen LogP contribution is -2.22. The maximum absolute atomic E-state index is 13.2. The van der Waals surface area contributed by atoms with Crippen LogP contribution >= 0.6 is 0 Å². The molecule has 6 heteroatoms. The summed E-state index contributed by atoms with van der Waals surface area (Å²) in [4.78, 5) is 0. The molecule has 1 aromatic carbocycles. The Morgan fingerprint density at radius 3 is 2.70 bits per heavy atom. The molecule has 1 N–H and O–H groups in total. The summed E-state index contributed by atoms with van der Waals surface area (Å²) in [5.41, 5.74) is -1.27. The van der Waals surface area contributed by atoms with Gasteiger partial charge in [-0.1, -0.05) is 13.0 Å². The summed E-state index contributed by atoms with van der Waals surface area (Å²) in [6.45, 7) is 2.37.